The van der Waals surface area contributed by atoms with Gasteiger partial charge in [0.25, 0.3) is 0 Å². The van der Waals surface area contributed by atoms with Crippen molar-refractivity contribution in [3.8, 4) is 11.5 Å². The summed E-state index contributed by atoms with van der Waals surface area (Å²) in [4.78, 5) is 4.35. The third-order valence-corrected chi connectivity index (χ3v) is 6.42. The van der Waals surface area contributed by atoms with Crippen LogP contribution in [0.5, 0.6) is 11.5 Å². The lowest BCUT2D eigenvalue weighted by Crippen LogP contribution is -3.28. The van der Waals surface area contributed by atoms with E-state index in [1.165, 1.54) is 15.4 Å². The summed E-state index contributed by atoms with van der Waals surface area (Å²) in [5.74, 6) is 2.49. The molecule has 1 fully saturated rings. The van der Waals surface area contributed by atoms with Crippen molar-refractivity contribution in [3.63, 3.8) is 0 Å². The summed E-state index contributed by atoms with van der Waals surface area (Å²) in [6.07, 6.45) is -0.249. The molecule has 144 valence electrons. The molecule has 2 heterocycles. The molecule has 1 saturated heterocycles. The molecule has 0 spiro atoms. The van der Waals surface area contributed by atoms with Crippen molar-refractivity contribution in [2.24, 2.45) is 0 Å². The van der Waals surface area contributed by atoms with Crippen LogP contribution in [-0.4, -0.2) is 56.5 Å². The van der Waals surface area contributed by atoms with Gasteiger partial charge in [0.15, 0.2) is 11.5 Å². The predicted octanol–water partition coefficient (Wildman–Crippen LogP) is -0.148. The summed E-state index contributed by atoms with van der Waals surface area (Å²) >= 11 is 1.74. The van der Waals surface area contributed by atoms with Gasteiger partial charge in [0.05, 0.1) is 0 Å². The Bertz CT molecular complexity index is 735. The molecule has 0 unspecified atom stereocenters. The van der Waals surface area contributed by atoms with E-state index in [1.54, 1.807) is 16.7 Å². The monoisotopic (exact) mass is 388 g/mol. The Kier molecular flexibility index (Phi) is 6.19. The maximum atomic E-state index is 10.4. The average Bonchev–Trinajstić information content (AvgIpc) is 3.17. The highest BCUT2D eigenvalue weighted by Crippen LogP contribution is 2.32. The third kappa shape index (κ3) is 5.17. The van der Waals surface area contributed by atoms with Crippen molar-refractivity contribution in [3.05, 3.63) is 54.1 Å². The third-order valence-electron chi connectivity index (χ3n) is 5.27. The van der Waals surface area contributed by atoms with Crippen molar-refractivity contribution < 1.29 is 24.4 Å². The van der Waals surface area contributed by atoms with Gasteiger partial charge in [-0.15, -0.1) is 11.8 Å². The zero-order valence-corrected chi connectivity index (χ0v) is 16.3. The fourth-order valence-corrected chi connectivity index (χ4v) is 4.63. The minimum Gasteiger partial charge on any atom is -0.454 e. The van der Waals surface area contributed by atoms with Crippen LogP contribution in [0.15, 0.2) is 53.4 Å². The van der Waals surface area contributed by atoms with Crippen LogP contribution in [0, 0.1) is 0 Å². The standard InChI is InChI=1S/C21H26N2O3S/c24-18(15-27-19-4-2-1-3-5-19)14-23-10-8-22(9-11-23)13-17-6-7-20-21(12-17)26-16-25-20/h1-7,12,18,24H,8-11,13-16H2/p+2/t18-/m0/s1. The van der Waals surface area contributed by atoms with Crippen molar-refractivity contribution in [2.75, 3.05) is 45.3 Å². The van der Waals surface area contributed by atoms with E-state index in [0.717, 1.165) is 56.5 Å². The van der Waals surface area contributed by atoms with Gasteiger partial charge in [-0.3, -0.25) is 0 Å². The number of nitrogens with one attached hydrogen (secondary N) is 2. The molecule has 27 heavy (non-hydrogen) atoms. The van der Waals surface area contributed by atoms with Gasteiger partial charge in [0.1, 0.15) is 45.4 Å². The van der Waals surface area contributed by atoms with Crippen LogP contribution in [0.2, 0.25) is 0 Å². The fourth-order valence-electron chi connectivity index (χ4n) is 3.78. The zero-order valence-electron chi connectivity index (χ0n) is 15.5. The van der Waals surface area contributed by atoms with E-state index in [1.807, 2.05) is 24.3 Å². The number of benzene rings is 2. The number of piperazine rings is 1. The van der Waals surface area contributed by atoms with Gasteiger partial charge in [-0.2, -0.15) is 0 Å². The van der Waals surface area contributed by atoms with E-state index in [4.69, 9.17) is 9.47 Å². The Morgan fingerprint density at radius 1 is 0.926 bits per heavy atom. The Balaban J connectivity index is 1.18. The minimum atomic E-state index is -0.249. The molecule has 1 atom stereocenters. The summed E-state index contributed by atoms with van der Waals surface area (Å²) in [5, 5.41) is 10.4. The number of thioether (sulfide) groups is 1. The number of hydrogen-bond acceptors (Lipinski definition) is 4. The maximum Gasteiger partial charge on any atom is 0.231 e. The van der Waals surface area contributed by atoms with Crippen molar-refractivity contribution in [2.45, 2.75) is 17.5 Å². The molecule has 0 radical (unpaired) electrons. The highest BCUT2D eigenvalue weighted by atomic mass is 32.2. The molecule has 0 aliphatic carbocycles. The molecule has 0 aromatic heterocycles. The number of fused-ring (bicyclic) bond motifs is 1. The van der Waals surface area contributed by atoms with E-state index in [0.29, 0.717) is 6.79 Å². The molecule has 0 saturated carbocycles. The first kappa shape index (κ1) is 18.6. The molecule has 2 aromatic carbocycles. The van der Waals surface area contributed by atoms with Crippen LogP contribution in [0.25, 0.3) is 0 Å². The van der Waals surface area contributed by atoms with Crippen molar-refractivity contribution >= 4 is 11.8 Å². The largest absolute Gasteiger partial charge is 0.454 e. The highest BCUT2D eigenvalue weighted by molar-refractivity contribution is 7.99. The molecule has 3 N–H and O–H groups in total. The lowest BCUT2D eigenvalue weighted by Gasteiger charge is -2.30. The molecule has 2 aliphatic heterocycles. The van der Waals surface area contributed by atoms with Gasteiger partial charge in [0.2, 0.25) is 6.79 Å². The average molecular weight is 389 g/mol. The van der Waals surface area contributed by atoms with Gasteiger partial charge in [0, 0.05) is 16.2 Å². The number of rotatable bonds is 7. The summed E-state index contributed by atoms with van der Waals surface area (Å²) < 4.78 is 10.9. The van der Waals surface area contributed by atoms with E-state index in [9.17, 15) is 5.11 Å². The number of aliphatic hydroxyl groups excluding tert-OH is 1. The van der Waals surface area contributed by atoms with Gasteiger partial charge in [-0.1, -0.05) is 18.2 Å². The quantitative estimate of drug-likeness (QED) is 0.578. The zero-order chi connectivity index (χ0) is 18.5. The van der Waals surface area contributed by atoms with E-state index in [2.05, 4.69) is 24.3 Å². The second-order valence-corrected chi connectivity index (χ2v) is 8.44. The van der Waals surface area contributed by atoms with Crippen LogP contribution < -0.4 is 19.3 Å². The molecular weight excluding hydrogens is 360 g/mol. The maximum absolute atomic E-state index is 10.4. The minimum absolute atomic E-state index is 0.249. The SMILES string of the molecule is O[C@H](CSc1ccccc1)C[NH+]1CC[NH+](Cc2ccc3c(c2)OCO3)CC1. The number of quaternary nitrogens is 2. The molecule has 6 heteroatoms. The summed E-state index contributed by atoms with van der Waals surface area (Å²) in [6.45, 7) is 6.72. The second kappa shape index (κ2) is 8.97. The van der Waals surface area contributed by atoms with Crippen LogP contribution in [-0.2, 0) is 6.54 Å². The lowest BCUT2D eigenvalue weighted by atomic mass is 10.1. The Morgan fingerprint density at radius 2 is 1.67 bits per heavy atom. The van der Waals surface area contributed by atoms with Gasteiger partial charge in [-0.05, 0) is 30.3 Å². The first-order valence-electron chi connectivity index (χ1n) is 9.68. The summed E-state index contributed by atoms with van der Waals surface area (Å²) in [7, 11) is 0. The van der Waals surface area contributed by atoms with Crippen LogP contribution in [0.1, 0.15) is 5.56 Å². The lowest BCUT2D eigenvalue weighted by molar-refractivity contribution is -1.02. The normalized spacial score (nSPS) is 22.6. The smallest absolute Gasteiger partial charge is 0.231 e. The van der Waals surface area contributed by atoms with E-state index in [-0.39, 0.29) is 6.10 Å². The second-order valence-electron chi connectivity index (χ2n) is 7.35. The highest BCUT2D eigenvalue weighted by Gasteiger charge is 2.25. The number of hydrogen-bond donors (Lipinski definition) is 3. The van der Waals surface area contributed by atoms with Gasteiger partial charge >= 0.3 is 0 Å². The van der Waals surface area contributed by atoms with Crippen molar-refractivity contribution in [1.29, 1.82) is 0 Å². The van der Waals surface area contributed by atoms with Gasteiger partial charge < -0.3 is 24.4 Å². The fraction of sp³-hybridized carbons (Fsp3) is 0.429. The van der Waals surface area contributed by atoms with Gasteiger partial charge in [-0.25, -0.2) is 0 Å². The molecule has 4 rings (SSSR count). The van der Waals surface area contributed by atoms with Crippen LogP contribution >= 0.6 is 11.8 Å². The Labute approximate surface area is 164 Å². The molecule has 2 aromatic rings. The van der Waals surface area contributed by atoms with Crippen molar-refractivity contribution in [1.82, 2.24) is 0 Å². The van der Waals surface area contributed by atoms with Crippen LogP contribution in [0.4, 0.5) is 0 Å². The number of aliphatic hydroxyl groups is 1. The first-order valence-corrected chi connectivity index (χ1v) is 10.7. The van der Waals surface area contributed by atoms with E-state index < -0.39 is 0 Å². The summed E-state index contributed by atoms with van der Waals surface area (Å²) in [6, 6.07) is 16.6. The number of ether oxygens (including phenoxy) is 2. The molecular formula is C21H28N2O3S+2. The molecule has 5 nitrogen and oxygen atoms in total. The van der Waals surface area contributed by atoms with Crippen LogP contribution in [0.3, 0.4) is 0 Å². The predicted molar refractivity (Wildman–Crippen MR) is 106 cm³/mol. The molecule has 0 bridgehead atoms. The topological polar surface area (TPSA) is 47.6 Å². The molecule has 2 aliphatic rings. The first-order chi connectivity index (χ1) is 13.3. The van der Waals surface area contributed by atoms with E-state index >= 15 is 0 Å². The summed E-state index contributed by atoms with van der Waals surface area (Å²) in [5.41, 5.74) is 1.30. The molecule has 0 amide bonds. The Hall–Kier alpha value is -1.73. The Morgan fingerprint density at radius 3 is 2.48 bits per heavy atom.